The summed E-state index contributed by atoms with van der Waals surface area (Å²) in [6.07, 6.45) is 17.6. The van der Waals surface area contributed by atoms with Crippen molar-refractivity contribution in [1.82, 2.24) is 10.6 Å². The van der Waals surface area contributed by atoms with E-state index in [0.717, 1.165) is 18.4 Å². The molecule has 0 spiro atoms. The van der Waals surface area contributed by atoms with E-state index in [2.05, 4.69) is 56.6 Å². The summed E-state index contributed by atoms with van der Waals surface area (Å²) < 4.78 is 32.2. The average molecular weight is 677 g/mol. The van der Waals surface area contributed by atoms with Crippen LogP contribution in [0, 0.1) is 5.41 Å². The van der Waals surface area contributed by atoms with E-state index >= 15 is 0 Å². The van der Waals surface area contributed by atoms with Gasteiger partial charge in [-0.05, 0) is 69.4 Å². The molecule has 10 heteroatoms. The summed E-state index contributed by atoms with van der Waals surface area (Å²) in [4.78, 5) is 24.0. The second kappa shape index (κ2) is 28.3. The van der Waals surface area contributed by atoms with Gasteiger partial charge in [0.2, 0.25) is 11.8 Å². The van der Waals surface area contributed by atoms with Gasteiger partial charge in [-0.2, -0.15) is 0 Å². The maximum Gasteiger partial charge on any atom is 0.244 e. The number of ether oxygens (including phenoxy) is 6. The number of carbonyl (C=O) groups is 2. The standard InChI is InChI=1S/C38H64N2O8/c1-32(14-15-35-34(3)13-8-17-38(35,4)5)11-7-12-33(2)31-37(42)40-19-10-21-45-26-29-48-28-25-44-20-9-18-39-36(41)16-22-46-27-30-47-24-23-43-6/h7,11-12,14-15,31H,8-10,13,16-30H2,1-6H3,(H,39,41)(H,40,42)/b12-7+,15-14+,32-11+,33-31+. The SMILES string of the molecule is COCCOCCOCCC(=O)NCCCOCCOCCOCCCNC(=O)/C=C(C)/C=C/C=C(C)/C=C/C1=C(C)CCCC1(C)C. The van der Waals surface area contributed by atoms with Gasteiger partial charge in [0, 0.05) is 45.9 Å². The molecule has 0 aromatic carbocycles. The van der Waals surface area contributed by atoms with Crippen molar-refractivity contribution in [2.45, 2.75) is 73.1 Å². The van der Waals surface area contributed by atoms with Gasteiger partial charge in [0.05, 0.1) is 59.5 Å². The highest BCUT2D eigenvalue weighted by molar-refractivity contribution is 5.88. The molecule has 10 nitrogen and oxygen atoms in total. The summed E-state index contributed by atoms with van der Waals surface area (Å²) in [5, 5.41) is 5.76. The Hall–Kier alpha value is -2.60. The zero-order valence-corrected chi connectivity index (χ0v) is 30.7. The molecule has 1 aliphatic rings. The highest BCUT2D eigenvalue weighted by Gasteiger charge is 2.26. The zero-order chi connectivity index (χ0) is 35.3. The second-order valence-corrected chi connectivity index (χ2v) is 12.6. The predicted octanol–water partition coefficient (Wildman–Crippen LogP) is 5.65. The highest BCUT2D eigenvalue weighted by atomic mass is 16.5. The monoisotopic (exact) mass is 676 g/mol. The Kier molecular flexibility index (Phi) is 25.6. The highest BCUT2D eigenvalue weighted by Crippen LogP contribution is 2.40. The fraction of sp³-hybridized carbons (Fsp3) is 0.684. The van der Waals surface area contributed by atoms with Crippen molar-refractivity contribution in [2.24, 2.45) is 5.41 Å². The van der Waals surface area contributed by atoms with Crippen LogP contribution < -0.4 is 10.6 Å². The Morgan fingerprint density at radius 2 is 1.31 bits per heavy atom. The second-order valence-electron chi connectivity index (χ2n) is 12.6. The van der Waals surface area contributed by atoms with Crippen LogP contribution in [0.25, 0.3) is 0 Å². The Labute approximate surface area is 290 Å². The van der Waals surface area contributed by atoms with Crippen LogP contribution in [0.4, 0.5) is 0 Å². The summed E-state index contributed by atoms with van der Waals surface area (Å²) >= 11 is 0. The van der Waals surface area contributed by atoms with Gasteiger partial charge in [-0.25, -0.2) is 0 Å². The third-order valence-electron chi connectivity index (χ3n) is 7.71. The van der Waals surface area contributed by atoms with Crippen LogP contribution in [0.3, 0.4) is 0 Å². The molecule has 0 bridgehead atoms. The minimum atomic E-state index is -0.105. The molecule has 0 saturated carbocycles. The van der Waals surface area contributed by atoms with Crippen molar-refractivity contribution in [3.63, 3.8) is 0 Å². The predicted molar refractivity (Wildman–Crippen MR) is 192 cm³/mol. The first-order valence-corrected chi connectivity index (χ1v) is 17.5. The lowest BCUT2D eigenvalue weighted by atomic mass is 9.72. The molecule has 0 fully saturated rings. The fourth-order valence-corrected chi connectivity index (χ4v) is 4.99. The number of nitrogens with one attached hydrogen (secondary N) is 2. The molecule has 48 heavy (non-hydrogen) atoms. The molecule has 2 amide bonds. The lowest BCUT2D eigenvalue weighted by Crippen LogP contribution is -2.26. The van der Waals surface area contributed by atoms with Gasteiger partial charge in [0.25, 0.3) is 0 Å². The van der Waals surface area contributed by atoms with Crippen LogP contribution in [-0.4, -0.2) is 105 Å². The van der Waals surface area contributed by atoms with Crippen LogP contribution in [0.5, 0.6) is 0 Å². The lowest BCUT2D eigenvalue weighted by Gasteiger charge is -2.32. The third-order valence-corrected chi connectivity index (χ3v) is 7.71. The van der Waals surface area contributed by atoms with Crippen molar-refractivity contribution >= 4 is 11.8 Å². The topological polar surface area (TPSA) is 114 Å². The molecule has 0 aromatic rings. The summed E-state index contributed by atoms with van der Waals surface area (Å²) in [6.45, 7) is 17.5. The van der Waals surface area contributed by atoms with Crippen LogP contribution in [0.2, 0.25) is 0 Å². The molecule has 0 aromatic heterocycles. The van der Waals surface area contributed by atoms with Gasteiger partial charge in [0.15, 0.2) is 0 Å². The van der Waals surface area contributed by atoms with Gasteiger partial charge in [-0.15, -0.1) is 0 Å². The molecule has 0 unspecified atom stereocenters. The molecule has 1 rings (SSSR count). The van der Waals surface area contributed by atoms with E-state index in [-0.39, 0.29) is 17.2 Å². The van der Waals surface area contributed by atoms with Crippen molar-refractivity contribution in [3.8, 4) is 0 Å². The molecule has 274 valence electrons. The van der Waals surface area contributed by atoms with E-state index in [4.69, 9.17) is 28.4 Å². The van der Waals surface area contributed by atoms with Gasteiger partial charge in [0.1, 0.15) is 0 Å². The van der Waals surface area contributed by atoms with Crippen LogP contribution in [-0.2, 0) is 38.0 Å². The van der Waals surface area contributed by atoms with E-state index in [1.54, 1.807) is 13.2 Å². The number of amides is 2. The molecule has 0 atom stereocenters. The molecule has 1 aliphatic carbocycles. The van der Waals surface area contributed by atoms with E-state index in [1.165, 1.54) is 36.0 Å². The molecular weight excluding hydrogens is 612 g/mol. The van der Waals surface area contributed by atoms with Gasteiger partial charge in [-0.3, -0.25) is 9.59 Å². The summed E-state index contributed by atoms with van der Waals surface area (Å²) in [5.41, 5.74) is 5.26. The van der Waals surface area contributed by atoms with E-state index in [9.17, 15) is 9.59 Å². The Bertz CT molecular complexity index is 1050. The van der Waals surface area contributed by atoms with Gasteiger partial charge < -0.3 is 39.1 Å². The first-order valence-electron chi connectivity index (χ1n) is 17.5. The Morgan fingerprint density at radius 3 is 1.92 bits per heavy atom. The van der Waals surface area contributed by atoms with Crippen molar-refractivity contribution in [3.05, 3.63) is 58.7 Å². The first-order chi connectivity index (χ1) is 23.2. The van der Waals surface area contributed by atoms with Crippen LogP contribution in [0.1, 0.15) is 73.1 Å². The summed E-state index contributed by atoms with van der Waals surface area (Å²) in [7, 11) is 1.63. The molecule has 2 N–H and O–H groups in total. The van der Waals surface area contributed by atoms with Crippen molar-refractivity contribution < 1.29 is 38.0 Å². The molecular formula is C38H64N2O8. The van der Waals surface area contributed by atoms with E-state index < -0.39 is 0 Å². The Morgan fingerprint density at radius 1 is 0.750 bits per heavy atom. The van der Waals surface area contributed by atoms with E-state index in [1.807, 2.05) is 19.1 Å². The zero-order valence-electron chi connectivity index (χ0n) is 30.7. The van der Waals surface area contributed by atoms with Gasteiger partial charge in [-0.1, -0.05) is 55.4 Å². The lowest BCUT2D eigenvalue weighted by molar-refractivity contribution is -0.122. The van der Waals surface area contributed by atoms with Gasteiger partial charge >= 0.3 is 0 Å². The number of rotatable bonds is 28. The Balaban J connectivity index is 1.97. The maximum absolute atomic E-state index is 12.2. The number of hydrogen-bond acceptors (Lipinski definition) is 8. The minimum Gasteiger partial charge on any atom is -0.382 e. The molecule has 0 heterocycles. The number of hydrogen-bond donors (Lipinski definition) is 2. The van der Waals surface area contributed by atoms with Crippen LogP contribution >= 0.6 is 0 Å². The fourth-order valence-electron chi connectivity index (χ4n) is 4.99. The summed E-state index contributed by atoms with van der Waals surface area (Å²) in [6, 6.07) is 0. The van der Waals surface area contributed by atoms with Crippen molar-refractivity contribution in [1.29, 1.82) is 0 Å². The maximum atomic E-state index is 12.2. The number of methoxy groups -OCH3 is 1. The summed E-state index contributed by atoms with van der Waals surface area (Å²) in [5.74, 6) is -0.142. The quantitative estimate of drug-likeness (QED) is 0.0621. The molecule has 0 radical (unpaired) electrons. The normalized spacial score (nSPS) is 15.5. The number of allylic oxidation sites excluding steroid dienone is 9. The van der Waals surface area contributed by atoms with E-state index in [0.29, 0.717) is 92.2 Å². The largest absolute Gasteiger partial charge is 0.382 e. The first kappa shape index (κ1) is 43.4. The third kappa shape index (κ3) is 23.7. The average Bonchev–Trinajstić information content (AvgIpc) is 3.03. The van der Waals surface area contributed by atoms with Crippen LogP contribution in [0.15, 0.2) is 58.7 Å². The van der Waals surface area contributed by atoms with Crippen molar-refractivity contribution in [2.75, 3.05) is 92.9 Å². The molecule has 0 saturated heterocycles. The number of carbonyl (C=O) groups excluding carboxylic acids is 2. The minimum absolute atomic E-state index is 0.0366. The molecule has 0 aliphatic heterocycles. The smallest absolute Gasteiger partial charge is 0.244 e.